The molecule has 8 heteroatoms. The van der Waals surface area contributed by atoms with Crippen LogP contribution in [-0.2, 0) is 11.8 Å². The summed E-state index contributed by atoms with van der Waals surface area (Å²) in [5.74, 6) is -1.62. The fourth-order valence-corrected chi connectivity index (χ4v) is 1.59. The minimum Gasteiger partial charge on any atom is -0.478 e. The Bertz CT molecular complexity index is 629. The highest BCUT2D eigenvalue weighted by atomic mass is 35.5. The highest BCUT2D eigenvalue weighted by molar-refractivity contribution is 5.87. The molecule has 0 aliphatic rings. The molecule has 0 aliphatic heterocycles. The lowest BCUT2D eigenvalue weighted by molar-refractivity contribution is -0.131. The number of pyridine rings is 1. The van der Waals surface area contributed by atoms with Crippen molar-refractivity contribution in [2.24, 2.45) is 7.05 Å². The van der Waals surface area contributed by atoms with E-state index in [0.29, 0.717) is 11.1 Å². The molecule has 108 valence electrons. The zero-order chi connectivity index (χ0) is 13.1. The summed E-state index contributed by atoms with van der Waals surface area (Å²) in [7, 11) is 1.72. The number of nitrogens with zero attached hydrogens (tertiary/aromatic N) is 3. The molecule has 0 saturated heterocycles. The van der Waals surface area contributed by atoms with Crippen molar-refractivity contribution < 1.29 is 14.3 Å². The van der Waals surface area contributed by atoms with Gasteiger partial charge in [-0.15, -0.1) is 24.8 Å². The van der Waals surface area contributed by atoms with Gasteiger partial charge in [0.15, 0.2) is 0 Å². The van der Waals surface area contributed by atoms with Crippen molar-refractivity contribution in [3.8, 4) is 11.1 Å². The van der Waals surface area contributed by atoms with Crippen LogP contribution < -0.4 is 0 Å². The van der Waals surface area contributed by atoms with Gasteiger partial charge in [-0.2, -0.15) is 5.10 Å². The number of carboxylic acids is 1. The molecule has 0 fully saturated rings. The van der Waals surface area contributed by atoms with E-state index in [-0.39, 0.29) is 30.4 Å². The molecule has 0 aliphatic carbocycles. The number of aliphatic carboxylic acids is 1. The van der Waals surface area contributed by atoms with Crippen LogP contribution >= 0.6 is 24.8 Å². The fraction of sp³-hybridized carbons (Fsp3) is 0.0833. The normalized spacial score (nSPS) is 9.90. The average molecular weight is 320 g/mol. The van der Waals surface area contributed by atoms with Gasteiger partial charge in [0.25, 0.3) is 0 Å². The molecule has 1 N–H and O–H groups in total. The second kappa shape index (κ2) is 7.62. The number of aromatic nitrogens is 3. The van der Waals surface area contributed by atoms with Crippen LogP contribution in [-0.4, -0.2) is 25.8 Å². The van der Waals surface area contributed by atoms with Gasteiger partial charge in [0, 0.05) is 42.2 Å². The molecule has 2 heterocycles. The Hall–Kier alpha value is -1.92. The van der Waals surface area contributed by atoms with Gasteiger partial charge >= 0.3 is 5.97 Å². The van der Waals surface area contributed by atoms with E-state index in [2.05, 4.69) is 10.1 Å². The average Bonchev–Trinajstić information content (AvgIpc) is 2.72. The van der Waals surface area contributed by atoms with Crippen molar-refractivity contribution in [1.82, 2.24) is 14.8 Å². The summed E-state index contributed by atoms with van der Waals surface area (Å²) in [6, 6.07) is 0. The second-order valence-electron chi connectivity index (χ2n) is 3.66. The number of halogens is 3. The first kappa shape index (κ1) is 18.1. The van der Waals surface area contributed by atoms with E-state index < -0.39 is 11.8 Å². The lowest BCUT2D eigenvalue weighted by Crippen LogP contribution is -1.92. The molecule has 0 amide bonds. The Labute approximate surface area is 127 Å². The standard InChI is InChI=1S/C12H10FN3O2.2ClH/c1-16-7-9(5-15-16)12-8(2-3-11(17)18)4-14-6-10(12)13;;/h2-7H,1H3,(H,17,18);2*1H. The van der Waals surface area contributed by atoms with Gasteiger partial charge in [-0.05, 0) is 6.08 Å². The number of rotatable bonds is 3. The summed E-state index contributed by atoms with van der Waals surface area (Å²) in [5.41, 5.74) is 1.25. The first-order valence-electron chi connectivity index (χ1n) is 5.11. The van der Waals surface area contributed by atoms with Crippen molar-refractivity contribution in [2.75, 3.05) is 0 Å². The molecule has 2 rings (SSSR count). The Morgan fingerprint density at radius 1 is 1.35 bits per heavy atom. The van der Waals surface area contributed by atoms with E-state index in [9.17, 15) is 9.18 Å². The molecule has 0 atom stereocenters. The summed E-state index contributed by atoms with van der Waals surface area (Å²) >= 11 is 0. The summed E-state index contributed by atoms with van der Waals surface area (Å²) in [6.07, 6.45) is 7.90. The topological polar surface area (TPSA) is 68.0 Å². The summed E-state index contributed by atoms with van der Waals surface area (Å²) in [4.78, 5) is 14.2. The quantitative estimate of drug-likeness (QED) is 0.883. The maximum absolute atomic E-state index is 13.8. The van der Waals surface area contributed by atoms with Crippen LogP contribution in [0.1, 0.15) is 5.56 Å². The first-order chi connectivity index (χ1) is 8.58. The molecule has 0 saturated carbocycles. The number of aryl methyl sites for hydroxylation is 1. The van der Waals surface area contributed by atoms with Crippen LogP contribution in [0.25, 0.3) is 17.2 Å². The lowest BCUT2D eigenvalue weighted by Gasteiger charge is -2.04. The van der Waals surface area contributed by atoms with Gasteiger partial charge in [0.1, 0.15) is 5.82 Å². The van der Waals surface area contributed by atoms with Gasteiger partial charge in [-0.3, -0.25) is 9.67 Å². The number of hydrogen-bond donors (Lipinski definition) is 1. The molecular weight excluding hydrogens is 308 g/mol. The largest absolute Gasteiger partial charge is 0.478 e. The molecule has 2 aromatic rings. The zero-order valence-corrected chi connectivity index (χ0v) is 12.0. The molecule has 2 aromatic heterocycles. The van der Waals surface area contributed by atoms with E-state index in [1.165, 1.54) is 18.5 Å². The third-order valence-corrected chi connectivity index (χ3v) is 2.33. The van der Waals surface area contributed by atoms with Gasteiger partial charge < -0.3 is 5.11 Å². The Kier molecular flexibility index (Phi) is 6.89. The van der Waals surface area contributed by atoms with Crippen molar-refractivity contribution in [2.45, 2.75) is 0 Å². The smallest absolute Gasteiger partial charge is 0.328 e. The predicted octanol–water partition coefficient (Wildman–Crippen LogP) is 2.56. The number of hydrogen-bond acceptors (Lipinski definition) is 3. The van der Waals surface area contributed by atoms with E-state index in [4.69, 9.17) is 5.11 Å². The number of carbonyl (C=O) groups is 1. The van der Waals surface area contributed by atoms with Crippen LogP contribution in [0.4, 0.5) is 4.39 Å². The van der Waals surface area contributed by atoms with E-state index in [1.54, 1.807) is 17.9 Å². The van der Waals surface area contributed by atoms with Gasteiger partial charge in [-0.1, -0.05) is 0 Å². The Balaban J connectivity index is 0.00000180. The van der Waals surface area contributed by atoms with Crippen LogP contribution in [0.5, 0.6) is 0 Å². The summed E-state index contributed by atoms with van der Waals surface area (Å²) in [6.45, 7) is 0. The van der Waals surface area contributed by atoms with Gasteiger partial charge in [-0.25, -0.2) is 9.18 Å². The van der Waals surface area contributed by atoms with Gasteiger partial charge in [0.05, 0.1) is 12.4 Å². The van der Waals surface area contributed by atoms with Crippen LogP contribution in [0, 0.1) is 5.82 Å². The highest BCUT2D eigenvalue weighted by Gasteiger charge is 2.11. The van der Waals surface area contributed by atoms with Crippen molar-refractivity contribution >= 4 is 36.9 Å². The maximum Gasteiger partial charge on any atom is 0.328 e. The molecule has 0 aromatic carbocycles. The third-order valence-electron chi connectivity index (χ3n) is 2.33. The van der Waals surface area contributed by atoms with Crippen molar-refractivity contribution in [3.63, 3.8) is 0 Å². The summed E-state index contributed by atoms with van der Waals surface area (Å²) in [5, 5.41) is 12.6. The molecular formula is C12H12Cl2FN3O2. The minimum absolute atomic E-state index is 0. The van der Waals surface area contributed by atoms with E-state index in [0.717, 1.165) is 12.3 Å². The Morgan fingerprint density at radius 3 is 2.60 bits per heavy atom. The molecule has 20 heavy (non-hydrogen) atoms. The molecule has 0 bridgehead atoms. The van der Waals surface area contributed by atoms with Crippen LogP contribution in [0.3, 0.4) is 0 Å². The SMILES string of the molecule is Cl.Cl.Cn1cc(-c2c(F)cncc2C=CC(=O)O)cn1. The van der Waals surface area contributed by atoms with Crippen LogP contribution in [0.15, 0.2) is 30.9 Å². The molecule has 0 spiro atoms. The van der Waals surface area contributed by atoms with Gasteiger partial charge in [0.2, 0.25) is 0 Å². The van der Waals surface area contributed by atoms with E-state index in [1.807, 2.05) is 0 Å². The zero-order valence-electron chi connectivity index (χ0n) is 10.4. The molecule has 5 nitrogen and oxygen atoms in total. The third kappa shape index (κ3) is 4.04. The van der Waals surface area contributed by atoms with E-state index >= 15 is 0 Å². The van der Waals surface area contributed by atoms with Crippen molar-refractivity contribution in [3.05, 3.63) is 42.2 Å². The molecule has 0 unspecified atom stereocenters. The maximum atomic E-state index is 13.8. The highest BCUT2D eigenvalue weighted by Crippen LogP contribution is 2.26. The monoisotopic (exact) mass is 319 g/mol. The molecule has 0 radical (unpaired) electrons. The number of carboxylic acid groups (broad SMARTS) is 1. The fourth-order valence-electron chi connectivity index (χ4n) is 1.59. The minimum atomic E-state index is -1.10. The van der Waals surface area contributed by atoms with Crippen molar-refractivity contribution in [1.29, 1.82) is 0 Å². The van der Waals surface area contributed by atoms with Crippen LogP contribution in [0.2, 0.25) is 0 Å². The Morgan fingerprint density at radius 2 is 2.05 bits per heavy atom. The second-order valence-corrected chi connectivity index (χ2v) is 3.66. The first-order valence-corrected chi connectivity index (χ1v) is 5.11. The lowest BCUT2D eigenvalue weighted by atomic mass is 10.0. The summed E-state index contributed by atoms with van der Waals surface area (Å²) < 4.78 is 15.3. The predicted molar refractivity (Wildman–Crippen MR) is 77.6 cm³/mol.